The highest BCUT2D eigenvalue weighted by Gasteiger charge is 2.40. The molecule has 0 aliphatic carbocycles. The molecule has 1 aromatic rings. The first-order chi connectivity index (χ1) is 13.9. The highest BCUT2D eigenvalue weighted by atomic mass is 32.2. The first-order valence-electron chi connectivity index (χ1n) is 9.95. The molecule has 0 radical (unpaired) electrons. The molecule has 3 rings (SSSR count). The zero-order valence-corrected chi connectivity index (χ0v) is 18.1. The summed E-state index contributed by atoms with van der Waals surface area (Å²) in [5.74, 6) is 1.35. The van der Waals surface area contributed by atoms with E-state index in [1.54, 1.807) is 31.5 Å². The fourth-order valence-corrected chi connectivity index (χ4v) is 5.48. The lowest BCUT2D eigenvalue weighted by atomic mass is 9.92. The summed E-state index contributed by atoms with van der Waals surface area (Å²) < 4.78 is 42.8. The van der Waals surface area contributed by atoms with Crippen LogP contribution in [0.4, 0.5) is 0 Å². The summed E-state index contributed by atoms with van der Waals surface area (Å²) in [7, 11) is -0.141. The summed E-state index contributed by atoms with van der Waals surface area (Å²) in [6.07, 6.45) is 0.864. The van der Waals surface area contributed by atoms with Crippen LogP contribution in [0.2, 0.25) is 0 Å². The molecular formula is C20H30N2O6S. The first-order valence-corrected chi connectivity index (χ1v) is 11.6. The molecule has 8 nitrogen and oxygen atoms in total. The third-order valence-corrected chi connectivity index (χ3v) is 7.59. The minimum Gasteiger partial charge on any atom is -0.497 e. The molecule has 1 aromatic carbocycles. The van der Waals surface area contributed by atoms with Gasteiger partial charge >= 0.3 is 0 Å². The highest BCUT2D eigenvalue weighted by molar-refractivity contribution is 7.89. The monoisotopic (exact) mass is 426 g/mol. The number of methoxy groups -OCH3 is 2. The average Bonchev–Trinajstić information content (AvgIpc) is 2.95. The summed E-state index contributed by atoms with van der Waals surface area (Å²) in [5, 5.41) is 0. The Balaban J connectivity index is 1.70. The Morgan fingerprint density at radius 3 is 2.48 bits per heavy atom. The summed E-state index contributed by atoms with van der Waals surface area (Å²) in [6, 6.07) is 5.32. The molecule has 0 aromatic heterocycles. The maximum atomic E-state index is 12.9. The minimum absolute atomic E-state index is 0.00732. The average molecular weight is 427 g/mol. The number of likely N-dealkylation sites (tertiary alicyclic amines) is 1. The number of amides is 1. The van der Waals surface area contributed by atoms with Gasteiger partial charge < -0.3 is 19.1 Å². The molecule has 2 fully saturated rings. The van der Waals surface area contributed by atoms with Crippen molar-refractivity contribution in [2.45, 2.75) is 25.8 Å². The Bertz CT molecular complexity index is 806. The lowest BCUT2D eigenvalue weighted by Crippen LogP contribution is -2.54. The zero-order chi connectivity index (χ0) is 21.0. The van der Waals surface area contributed by atoms with Crippen LogP contribution in [0.15, 0.2) is 18.2 Å². The third kappa shape index (κ3) is 5.02. The van der Waals surface area contributed by atoms with Crippen molar-refractivity contribution in [2.24, 2.45) is 5.92 Å². The van der Waals surface area contributed by atoms with Gasteiger partial charge in [-0.2, -0.15) is 4.31 Å². The second-order valence-electron chi connectivity index (χ2n) is 7.44. The Kier molecular flexibility index (Phi) is 7.02. The summed E-state index contributed by atoms with van der Waals surface area (Å²) in [6.45, 7) is 3.95. The van der Waals surface area contributed by atoms with Gasteiger partial charge in [-0.05, 0) is 31.0 Å². The van der Waals surface area contributed by atoms with Gasteiger partial charge in [0.2, 0.25) is 15.9 Å². The number of hydrogen-bond donors (Lipinski definition) is 0. The van der Waals surface area contributed by atoms with Crippen LogP contribution in [-0.4, -0.2) is 82.4 Å². The van der Waals surface area contributed by atoms with Crippen LogP contribution in [0.25, 0.3) is 0 Å². The molecule has 0 unspecified atom stereocenters. The van der Waals surface area contributed by atoms with E-state index in [4.69, 9.17) is 14.2 Å². The molecule has 9 heteroatoms. The molecular weight excluding hydrogens is 396 g/mol. The van der Waals surface area contributed by atoms with Gasteiger partial charge in [-0.15, -0.1) is 0 Å². The van der Waals surface area contributed by atoms with Crippen molar-refractivity contribution in [3.8, 4) is 11.5 Å². The van der Waals surface area contributed by atoms with Gasteiger partial charge in [0.25, 0.3) is 0 Å². The summed E-state index contributed by atoms with van der Waals surface area (Å²) in [4.78, 5) is 14.8. The van der Waals surface area contributed by atoms with E-state index in [1.807, 2.05) is 17.0 Å². The quantitative estimate of drug-likeness (QED) is 0.678. The Hall–Kier alpha value is -1.84. The van der Waals surface area contributed by atoms with E-state index in [-0.39, 0.29) is 30.0 Å². The molecule has 29 heavy (non-hydrogen) atoms. The largest absolute Gasteiger partial charge is 0.497 e. The normalized spacial score (nSPS) is 23.2. The van der Waals surface area contributed by atoms with Crippen LogP contribution < -0.4 is 9.47 Å². The molecule has 1 amide bonds. The predicted octanol–water partition coefficient (Wildman–Crippen LogP) is 1.15. The van der Waals surface area contributed by atoms with Crippen LogP contribution in [-0.2, 0) is 26.0 Å². The van der Waals surface area contributed by atoms with E-state index in [0.29, 0.717) is 50.8 Å². The zero-order valence-electron chi connectivity index (χ0n) is 17.3. The van der Waals surface area contributed by atoms with Gasteiger partial charge in [0.15, 0.2) is 0 Å². The van der Waals surface area contributed by atoms with Gasteiger partial charge in [-0.25, -0.2) is 8.42 Å². The molecule has 0 spiro atoms. The van der Waals surface area contributed by atoms with Crippen LogP contribution in [0.3, 0.4) is 0 Å². The number of fused-ring (bicyclic) bond motifs is 1. The second kappa shape index (κ2) is 9.32. The number of benzene rings is 1. The molecule has 2 saturated heterocycles. The number of piperidine rings is 1. The van der Waals surface area contributed by atoms with Crippen molar-refractivity contribution in [1.82, 2.24) is 9.21 Å². The number of rotatable bonds is 6. The van der Waals surface area contributed by atoms with E-state index in [9.17, 15) is 13.2 Å². The van der Waals surface area contributed by atoms with Crippen molar-refractivity contribution in [3.63, 3.8) is 0 Å². The van der Waals surface area contributed by atoms with E-state index >= 15 is 0 Å². The van der Waals surface area contributed by atoms with Gasteiger partial charge in [0.1, 0.15) is 11.5 Å². The number of carbonyl (C=O) groups is 1. The summed E-state index contributed by atoms with van der Waals surface area (Å²) >= 11 is 0. The molecule has 2 aliphatic heterocycles. The maximum Gasteiger partial charge on any atom is 0.227 e. The smallest absolute Gasteiger partial charge is 0.227 e. The van der Waals surface area contributed by atoms with E-state index < -0.39 is 10.0 Å². The molecule has 2 atom stereocenters. The maximum absolute atomic E-state index is 12.9. The number of ether oxygens (including phenoxy) is 3. The Labute approximate surface area is 172 Å². The molecule has 2 heterocycles. The van der Waals surface area contributed by atoms with Crippen molar-refractivity contribution in [3.05, 3.63) is 23.8 Å². The van der Waals surface area contributed by atoms with Gasteiger partial charge in [0, 0.05) is 37.7 Å². The number of carbonyl (C=O) groups excluding carboxylic acids is 1. The fourth-order valence-electron chi connectivity index (χ4n) is 4.11. The molecule has 2 aliphatic rings. The van der Waals surface area contributed by atoms with Crippen molar-refractivity contribution >= 4 is 15.9 Å². The van der Waals surface area contributed by atoms with E-state index in [2.05, 4.69) is 0 Å². The molecule has 0 N–H and O–H groups in total. The predicted molar refractivity (Wildman–Crippen MR) is 109 cm³/mol. The molecule has 162 valence electrons. The number of nitrogens with zero attached hydrogens (tertiary/aromatic N) is 2. The summed E-state index contributed by atoms with van der Waals surface area (Å²) in [5.41, 5.74) is 0.820. The first kappa shape index (κ1) is 21.9. The number of sulfonamides is 1. The second-order valence-corrected chi connectivity index (χ2v) is 9.65. The van der Waals surface area contributed by atoms with E-state index in [0.717, 1.165) is 5.56 Å². The van der Waals surface area contributed by atoms with E-state index in [1.165, 1.54) is 0 Å². The van der Waals surface area contributed by atoms with Crippen molar-refractivity contribution in [1.29, 1.82) is 0 Å². The van der Waals surface area contributed by atoms with Gasteiger partial charge in [-0.3, -0.25) is 4.79 Å². The number of hydrogen-bond acceptors (Lipinski definition) is 6. The Morgan fingerprint density at radius 1 is 1.17 bits per heavy atom. The fraction of sp³-hybridized carbons (Fsp3) is 0.650. The van der Waals surface area contributed by atoms with Crippen LogP contribution in [0.1, 0.15) is 18.9 Å². The lowest BCUT2D eigenvalue weighted by molar-refractivity contribution is -0.133. The molecule has 0 saturated carbocycles. The van der Waals surface area contributed by atoms with Crippen LogP contribution in [0, 0.1) is 5.92 Å². The standard InChI is InChI=1S/C20H30N2O6S/c1-4-29(24,25)22-7-8-28-14-16-13-21(6-5-19(16)22)20(23)11-15-9-17(26-2)12-18(10-15)27-3/h9-10,12,16,19H,4-8,11,13-14H2,1-3H3/t16-,19-/m1/s1. The highest BCUT2D eigenvalue weighted by Crippen LogP contribution is 2.28. The van der Waals surface area contributed by atoms with Crippen LogP contribution >= 0.6 is 0 Å². The van der Waals surface area contributed by atoms with Crippen molar-refractivity contribution < 1.29 is 27.4 Å². The van der Waals surface area contributed by atoms with Crippen LogP contribution in [0.5, 0.6) is 11.5 Å². The third-order valence-electron chi connectivity index (χ3n) is 5.69. The van der Waals surface area contributed by atoms with Gasteiger partial charge in [-0.1, -0.05) is 0 Å². The lowest BCUT2D eigenvalue weighted by Gasteiger charge is -2.41. The Morgan fingerprint density at radius 2 is 1.86 bits per heavy atom. The molecule has 0 bridgehead atoms. The SMILES string of the molecule is CCS(=O)(=O)N1CCOC[C@H]2CN(C(=O)Cc3cc(OC)cc(OC)c3)CC[C@H]21. The minimum atomic E-state index is -3.29. The van der Waals surface area contributed by atoms with Gasteiger partial charge in [0.05, 0.1) is 39.6 Å². The van der Waals surface area contributed by atoms with Crippen molar-refractivity contribution in [2.75, 3.05) is 52.8 Å². The topological polar surface area (TPSA) is 85.4 Å².